The molecule has 0 spiro atoms. The van der Waals surface area contributed by atoms with Crippen LogP contribution in [0.25, 0.3) is 5.57 Å². The van der Waals surface area contributed by atoms with Gasteiger partial charge in [-0.2, -0.15) is 0 Å². The van der Waals surface area contributed by atoms with E-state index in [1.807, 2.05) is 0 Å². The largest absolute Gasteiger partial charge is 0.529 e. The summed E-state index contributed by atoms with van der Waals surface area (Å²) in [7, 11) is 0. The lowest BCUT2D eigenvalue weighted by Crippen LogP contribution is -2.64. The molecule has 1 aliphatic heterocycles. The summed E-state index contributed by atoms with van der Waals surface area (Å²) in [5, 5.41) is 0. The molecule has 4 aromatic carbocycles. The van der Waals surface area contributed by atoms with E-state index in [-0.39, 0.29) is 5.56 Å². The van der Waals surface area contributed by atoms with Crippen LogP contribution < -0.4 is 10.9 Å². The number of allylic oxidation sites excluding steroid dienone is 2. The van der Waals surface area contributed by atoms with E-state index in [4.69, 9.17) is 4.34 Å². The molecule has 0 fully saturated rings. The molecule has 0 saturated carbocycles. The quantitative estimate of drug-likeness (QED) is 0.0696. The molecule has 0 N–H and O–H groups in total. The van der Waals surface area contributed by atoms with Gasteiger partial charge >= 0.3 is 6.35 Å². The standard InChI is InChI=1S/C29H10BF15O/c1-8-2-4-9(5-3-8)11-6-10(12-15(31)21(37)27(43)22(38)16(12)32)7-30(46-11,13-17(33)23(39)28(44)24(40)18(13)34)14-19(35)25(41)29(45)26(42)20(14)36/h2-6H,7H2,1H3. The van der Waals surface area contributed by atoms with E-state index in [1.54, 1.807) is 0 Å². The van der Waals surface area contributed by atoms with E-state index in [9.17, 15) is 39.5 Å². The Kier molecular flexibility index (Phi) is 8.01. The van der Waals surface area contributed by atoms with Crippen LogP contribution in [-0.4, -0.2) is 12.1 Å². The van der Waals surface area contributed by atoms with Crippen LogP contribution in [0.5, 0.6) is 0 Å². The molecule has 1 aliphatic rings. The van der Waals surface area contributed by atoms with Gasteiger partial charge in [-0.25, -0.2) is 65.9 Å². The molecule has 0 aliphatic carbocycles. The Labute approximate surface area is 246 Å². The van der Waals surface area contributed by atoms with Crippen molar-refractivity contribution >= 4 is 28.6 Å². The summed E-state index contributed by atoms with van der Waals surface area (Å²) in [5.41, 5.74) is -7.96. The summed E-state index contributed by atoms with van der Waals surface area (Å²) < 4.78 is 226. The number of rotatable bonds is 4. The van der Waals surface area contributed by atoms with Gasteiger partial charge in [0, 0.05) is 6.08 Å². The maximum atomic E-state index is 15.5. The molecule has 0 saturated heterocycles. The minimum Gasteiger partial charge on any atom is -0.529 e. The fraction of sp³-hybridized carbons (Fsp3) is 0.0690. The van der Waals surface area contributed by atoms with E-state index < -0.39 is 128 Å². The average Bonchev–Trinajstić information content (AvgIpc) is 3.03. The molecular weight excluding hydrogens is 660 g/mol. The van der Waals surface area contributed by atoms with Gasteiger partial charge < -0.3 is 4.34 Å². The molecule has 0 atom stereocenters. The van der Waals surface area contributed by atoms with Crippen molar-refractivity contribution in [1.29, 1.82) is 0 Å². The van der Waals surface area contributed by atoms with Gasteiger partial charge in [-0.1, -0.05) is 23.3 Å². The molecule has 0 unspecified atom stereocenters. The number of benzene rings is 4. The maximum absolute atomic E-state index is 15.5. The fourth-order valence-corrected chi connectivity index (χ4v) is 5.28. The number of hydrogen-bond acceptors (Lipinski definition) is 0. The highest BCUT2D eigenvalue weighted by Gasteiger charge is 2.57. The van der Waals surface area contributed by atoms with Gasteiger partial charge in [0.25, 0.3) is 5.78 Å². The monoisotopic (exact) mass is 670 g/mol. The van der Waals surface area contributed by atoms with Gasteiger partial charge in [0.2, 0.25) is 5.82 Å². The fourth-order valence-electron chi connectivity index (χ4n) is 5.28. The summed E-state index contributed by atoms with van der Waals surface area (Å²) in [6.45, 7) is 1.50. The number of carbonyl (C=O) groups excluding carboxylic acids is 1. The van der Waals surface area contributed by atoms with Crippen LogP contribution >= 0.6 is 0 Å². The van der Waals surface area contributed by atoms with E-state index in [0.717, 1.165) is 12.1 Å². The Morgan fingerprint density at radius 1 is 0.457 bits per heavy atom. The Hall–Kier alpha value is -4.70. The van der Waals surface area contributed by atoms with Gasteiger partial charge in [0.05, 0.1) is 11.1 Å². The van der Waals surface area contributed by atoms with Crippen LogP contribution in [0.2, 0.25) is 6.32 Å². The first-order valence-electron chi connectivity index (χ1n) is 12.5. The van der Waals surface area contributed by atoms with Gasteiger partial charge in [-0.15, -0.1) is 0 Å². The van der Waals surface area contributed by atoms with Crippen LogP contribution in [0.4, 0.5) is 65.9 Å². The van der Waals surface area contributed by atoms with E-state index >= 15 is 26.3 Å². The molecule has 1 nitrogen and oxygen atoms in total. The first kappa shape index (κ1) is 32.7. The number of hydrogen-bond donors (Lipinski definition) is 0. The minimum absolute atomic E-state index is 0.384. The summed E-state index contributed by atoms with van der Waals surface area (Å²) in [5.74, 6) is -43.0. The zero-order valence-electron chi connectivity index (χ0n) is 22.2. The normalized spacial score (nSPS) is 14.4. The SMILES string of the molecule is Cc1ccc(C2=[O+][B-](c3c(F)c(F)c(F)c(F)c3F)(c3c(F)c(F)c(F)c(F)c3F)CC(c3c(F)c(F)c(F)c(F)c3F)=C2)cc1. The van der Waals surface area contributed by atoms with Crippen LogP contribution in [0.3, 0.4) is 0 Å². The second kappa shape index (κ2) is 11.3. The first-order valence-corrected chi connectivity index (χ1v) is 12.5. The lowest BCUT2D eigenvalue weighted by Gasteiger charge is -2.33. The highest BCUT2D eigenvalue weighted by Crippen LogP contribution is 2.39. The molecule has 4 aromatic rings. The minimum atomic E-state index is -5.21. The molecule has 0 amide bonds. The van der Waals surface area contributed by atoms with Crippen LogP contribution in [0.1, 0.15) is 21.0 Å². The van der Waals surface area contributed by atoms with Crippen LogP contribution in [0, 0.1) is 94.2 Å². The van der Waals surface area contributed by atoms with E-state index in [0.29, 0.717) is 11.6 Å². The topological polar surface area (TPSA) is 11.3 Å². The maximum Gasteiger partial charge on any atom is 0.476 e. The summed E-state index contributed by atoms with van der Waals surface area (Å²) in [6.07, 6.45) is -6.76. The summed E-state index contributed by atoms with van der Waals surface area (Å²) >= 11 is 0. The van der Waals surface area contributed by atoms with Crippen molar-refractivity contribution in [2.45, 2.75) is 13.2 Å². The molecule has 46 heavy (non-hydrogen) atoms. The second-order valence-electron chi connectivity index (χ2n) is 10.1. The molecule has 240 valence electrons. The van der Waals surface area contributed by atoms with Crippen LogP contribution in [0.15, 0.2) is 30.3 Å². The molecule has 0 radical (unpaired) electrons. The summed E-state index contributed by atoms with van der Waals surface area (Å²) in [4.78, 5) is 0. The molecule has 17 heteroatoms. The molecular formula is C29H10BF15O. The van der Waals surface area contributed by atoms with E-state index in [2.05, 4.69) is 0 Å². The Morgan fingerprint density at radius 3 is 1.15 bits per heavy atom. The smallest absolute Gasteiger partial charge is 0.476 e. The molecule has 0 aromatic heterocycles. The predicted octanol–water partition coefficient (Wildman–Crippen LogP) is 7.66. The third-order valence-electron chi connectivity index (χ3n) is 7.43. The predicted molar refractivity (Wildman–Crippen MR) is 132 cm³/mol. The van der Waals surface area contributed by atoms with Crippen molar-refractivity contribution in [2.24, 2.45) is 0 Å². The summed E-state index contributed by atoms with van der Waals surface area (Å²) in [6, 6.07) is 4.64. The average molecular weight is 670 g/mol. The highest BCUT2D eigenvalue weighted by molar-refractivity contribution is 6.97. The molecule has 5 rings (SSSR count). The van der Waals surface area contributed by atoms with Gasteiger partial charge in [0.1, 0.15) is 23.3 Å². The van der Waals surface area contributed by atoms with Gasteiger partial charge in [-0.05, 0) is 36.3 Å². The number of ketones is 1. The number of halogens is 15. The number of aryl methyl sites for hydroxylation is 1. The first-order chi connectivity index (χ1) is 21.5. The highest BCUT2D eigenvalue weighted by atomic mass is 19.2. The third kappa shape index (κ3) is 4.66. The molecule has 0 bridgehead atoms. The van der Waals surface area contributed by atoms with Crippen molar-refractivity contribution in [3.8, 4) is 0 Å². The van der Waals surface area contributed by atoms with Crippen LogP contribution in [-0.2, 0) is 0 Å². The zero-order valence-corrected chi connectivity index (χ0v) is 22.2. The Morgan fingerprint density at radius 2 is 0.783 bits per heavy atom. The van der Waals surface area contributed by atoms with Crippen molar-refractivity contribution < 1.29 is 70.2 Å². The van der Waals surface area contributed by atoms with Crippen molar-refractivity contribution in [2.75, 3.05) is 0 Å². The third-order valence-corrected chi connectivity index (χ3v) is 7.43. The van der Waals surface area contributed by atoms with Crippen molar-refractivity contribution in [3.63, 3.8) is 0 Å². The van der Waals surface area contributed by atoms with Gasteiger partial charge in [0.15, 0.2) is 58.2 Å². The Balaban J connectivity index is 2.06. The lowest BCUT2D eigenvalue weighted by molar-refractivity contribution is -0.0949. The molecule has 1 heterocycles. The van der Waals surface area contributed by atoms with Crippen molar-refractivity contribution in [1.82, 2.24) is 0 Å². The zero-order chi connectivity index (χ0) is 34.2. The van der Waals surface area contributed by atoms with E-state index in [1.165, 1.54) is 19.1 Å². The Bertz CT molecular complexity index is 1880. The second-order valence-corrected chi connectivity index (χ2v) is 10.1. The van der Waals surface area contributed by atoms with Gasteiger partial charge in [-0.3, -0.25) is 0 Å². The lowest BCUT2D eigenvalue weighted by atomic mass is 9.28. The van der Waals surface area contributed by atoms with Crippen molar-refractivity contribution in [3.05, 3.63) is 134 Å².